The summed E-state index contributed by atoms with van der Waals surface area (Å²) in [4.78, 5) is 27.7. The molecule has 0 radical (unpaired) electrons. The average molecular weight is 413 g/mol. The zero-order valence-corrected chi connectivity index (χ0v) is 17.4. The smallest absolute Gasteiger partial charge is 0.300 e. The second-order valence-corrected chi connectivity index (χ2v) is 7.38. The minimum atomic E-state index is -0.738. The Balaban J connectivity index is 1.93. The van der Waals surface area contributed by atoms with Gasteiger partial charge in [-0.2, -0.15) is 0 Å². The number of Topliss-reactive ketones (excluding diaryl/α,β-unsaturated/α-hetero) is 1. The fourth-order valence-electron chi connectivity index (χ4n) is 3.90. The SMILES string of the molecule is CCOc1cccc(/C(O)=C2/C(=O)C(=O)N(c3ccccc3)C2c2cccc(C)c2)c1. The van der Waals surface area contributed by atoms with Crippen molar-refractivity contribution in [2.75, 3.05) is 11.5 Å². The van der Waals surface area contributed by atoms with Crippen molar-refractivity contribution < 1.29 is 19.4 Å². The minimum absolute atomic E-state index is 0.0631. The van der Waals surface area contributed by atoms with Gasteiger partial charge in [-0.3, -0.25) is 14.5 Å². The van der Waals surface area contributed by atoms with Crippen molar-refractivity contribution in [2.24, 2.45) is 0 Å². The molecule has 1 aliphatic rings. The van der Waals surface area contributed by atoms with E-state index in [2.05, 4.69) is 0 Å². The van der Waals surface area contributed by atoms with Gasteiger partial charge in [0.05, 0.1) is 18.2 Å². The van der Waals surface area contributed by atoms with E-state index in [4.69, 9.17) is 4.74 Å². The maximum absolute atomic E-state index is 13.1. The van der Waals surface area contributed by atoms with Gasteiger partial charge in [0, 0.05) is 11.3 Å². The van der Waals surface area contributed by atoms with Crippen molar-refractivity contribution in [1.29, 1.82) is 0 Å². The number of carbonyl (C=O) groups excluding carboxylic acids is 2. The van der Waals surface area contributed by atoms with E-state index >= 15 is 0 Å². The largest absolute Gasteiger partial charge is 0.507 e. The van der Waals surface area contributed by atoms with E-state index in [9.17, 15) is 14.7 Å². The number of carbonyl (C=O) groups is 2. The number of rotatable bonds is 5. The van der Waals surface area contributed by atoms with Crippen LogP contribution in [0.2, 0.25) is 0 Å². The van der Waals surface area contributed by atoms with Crippen molar-refractivity contribution in [3.05, 3.63) is 101 Å². The summed E-state index contributed by atoms with van der Waals surface area (Å²) < 4.78 is 5.53. The Morgan fingerprint density at radius 2 is 1.71 bits per heavy atom. The van der Waals surface area contributed by atoms with Gasteiger partial charge in [-0.25, -0.2) is 0 Å². The van der Waals surface area contributed by atoms with Gasteiger partial charge in [0.25, 0.3) is 11.7 Å². The first-order chi connectivity index (χ1) is 15.0. The van der Waals surface area contributed by atoms with Crippen molar-refractivity contribution in [2.45, 2.75) is 19.9 Å². The third kappa shape index (κ3) is 3.82. The summed E-state index contributed by atoms with van der Waals surface area (Å²) in [5.41, 5.74) is 2.83. The zero-order valence-electron chi connectivity index (χ0n) is 17.4. The number of hydrogen-bond acceptors (Lipinski definition) is 4. The Morgan fingerprint density at radius 1 is 0.968 bits per heavy atom. The lowest BCUT2D eigenvalue weighted by Crippen LogP contribution is -2.29. The number of amides is 1. The summed E-state index contributed by atoms with van der Waals surface area (Å²) in [5.74, 6) is -1.02. The summed E-state index contributed by atoms with van der Waals surface area (Å²) in [6.45, 7) is 4.30. The van der Waals surface area contributed by atoms with Gasteiger partial charge in [0.15, 0.2) is 0 Å². The molecular formula is C26H23NO4. The lowest BCUT2D eigenvalue weighted by Gasteiger charge is -2.25. The Morgan fingerprint density at radius 3 is 2.42 bits per heavy atom. The molecule has 3 aromatic carbocycles. The molecule has 0 spiro atoms. The molecular weight excluding hydrogens is 390 g/mol. The number of ether oxygens (including phenoxy) is 1. The molecule has 1 heterocycles. The predicted molar refractivity (Wildman–Crippen MR) is 120 cm³/mol. The second kappa shape index (κ2) is 8.48. The van der Waals surface area contributed by atoms with E-state index < -0.39 is 17.7 Å². The van der Waals surface area contributed by atoms with Crippen LogP contribution in [0.15, 0.2) is 84.4 Å². The van der Waals surface area contributed by atoms with E-state index in [-0.39, 0.29) is 11.3 Å². The highest BCUT2D eigenvalue weighted by atomic mass is 16.5. The van der Waals surface area contributed by atoms with Crippen LogP contribution in [0.1, 0.15) is 29.7 Å². The van der Waals surface area contributed by atoms with E-state index in [1.165, 1.54) is 4.90 Å². The molecule has 1 aliphatic heterocycles. The first kappa shape index (κ1) is 20.4. The minimum Gasteiger partial charge on any atom is -0.507 e. The highest BCUT2D eigenvalue weighted by Crippen LogP contribution is 2.42. The van der Waals surface area contributed by atoms with Gasteiger partial charge in [-0.1, -0.05) is 60.2 Å². The van der Waals surface area contributed by atoms with Crippen LogP contribution in [-0.4, -0.2) is 23.4 Å². The van der Waals surface area contributed by atoms with Crippen LogP contribution in [-0.2, 0) is 9.59 Å². The molecule has 156 valence electrons. The predicted octanol–water partition coefficient (Wildman–Crippen LogP) is 5.02. The Labute approximate surface area is 181 Å². The molecule has 1 atom stereocenters. The quantitative estimate of drug-likeness (QED) is 0.362. The van der Waals surface area contributed by atoms with Crippen molar-refractivity contribution in [3.8, 4) is 5.75 Å². The Kier molecular flexibility index (Phi) is 5.58. The fourth-order valence-corrected chi connectivity index (χ4v) is 3.90. The summed E-state index contributed by atoms with van der Waals surface area (Å²) >= 11 is 0. The number of aryl methyl sites for hydroxylation is 1. The Bertz CT molecular complexity index is 1170. The Hall–Kier alpha value is -3.86. The van der Waals surface area contributed by atoms with E-state index in [1.54, 1.807) is 36.4 Å². The lowest BCUT2D eigenvalue weighted by molar-refractivity contribution is -0.132. The first-order valence-electron chi connectivity index (χ1n) is 10.2. The summed E-state index contributed by atoms with van der Waals surface area (Å²) in [6.07, 6.45) is 0. The zero-order chi connectivity index (χ0) is 22.0. The number of ketones is 1. The van der Waals surface area contributed by atoms with Crippen molar-refractivity contribution in [3.63, 3.8) is 0 Å². The fraction of sp³-hybridized carbons (Fsp3) is 0.154. The number of aliphatic hydroxyl groups is 1. The normalized spacial score (nSPS) is 17.7. The molecule has 31 heavy (non-hydrogen) atoms. The van der Waals surface area contributed by atoms with Crippen LogP contribution in [0.5, 0.6) is 5.75 Å². The molecule has 1 N–H and O–H groups in total. The summed E-state index contributed by atoms with van der Waals surface area (Å²) in [6, 6.07) is 22.8. The summed E-state index contributed by atoms with van der Waals surface area (Å²) in [7, 11) is 0. The van der Waals surface area contributed by atoms with Crippen molar-refractivity contribution in [1.82, 2.24) is 0 Å². The second-order valence-electron chi connectivity index (χ2n) is 7.38. The van der Waals surface area contributed by atoms with Crippen LogP contribution in [0, 0.1) is 6.92 Å². The molecule has 1 amide bonds. The standard InChI is InChI=1S/C26H23NO4/c1-3-31-21-14-8-11-19(16-21)24(28)22-23(18-10-7-9-17(2)15-18)27(26(30)25(22)29)20-12-5-4-6-13-20/h4-16,23,28H,3H2,1-2H3/b24-22-. The molecule has 0 saturated carbocycles. The van der Waals surface area contributed by atoms with E-state index in [0.29, 0.717) is 23.6 Å². The van der Waals surface area contributed by atoms with Crippen LogP contribution in [0.25, 0.3) is 5.76 Å². The highest BCUT2D eigenvalue weighted by Gasteiger charge is 2.46. The number of hydrogen-bond donors (Lipinski definition) is 1. The van der Waals surface area contributed by atoms with Crippen LogP contribution in [0.4, 0.5) is 5.69 Å². The molecule has 1 saturated heterocycles. The molecule has 5 nitrogen and oxygen atoms in total. The molecule has 1 fully saturated rings. The number of para-hydroxylation sites is 1. The topological polar surface area (TPSA) is 66.8 Å². The number of aliphatic hydroxyl groups excluding tert-OH is 1. The number of benzene rings is 3. The lowest BCUT2D eigenvalue weighted by atomic mass is 9.94. The van der Waals surface area contributed by atoms with Gasteiger partial charge in [0.1, 0.15) is 11.5 Å². The van der Waals surface area contributed by atoms with Gasteiger partial charge >= 0.3 is 0 Å². The van der Waals surface area contributed by atoms with Gasteiger partial charge < -0.3 is 9.84 Å². The molecule has 0 aliphatic carbocycles. The molecule has 4 rings (SSSR count). The van der Waals surface area contributed by atoms with Gasteiger partial charge in [-0.15, -0.1) is 0 Å². The molecule has 5 heteroatoms. The molecule has 0 aromatic heterocycles. The maximum atomic E-state index is 13.1. The van der Waals surface area contributed by atoms with Crippen molar-refractivity contribution >= 4 is 23.1 Å². The molecule has 0 bridgehead atoms. The third-order valence-corrected chi connectivity index (χ3v) is 5.26. The third-order valence-electron chi connectivity index (χ3n) is 5.26. The van der Waals surface area contributed by atoms with E-state index in [1.807, 2.05) is 56.3 Å². The van der Waals surface area contributed by atoms with Crippen LogP contribution < -0.4 is 9.64 Å². The molecule has 3 aromatic rings. The monoisotopic (exact) mass is 413 g/mol. The summed E-state index contributed by atoms with van der Waals surface area (Å²) in [5, 5.41) is 11.2. The average Bonchev–Trinajstić information content (AvgIpc) is 3.05. The molecule has 1 unspecified atom stereocenters. The maximum Gasteiger partial charge on any atom is 0.300 e. The number of nitrogens with zero attached hydrogens (tertiary/aromatic N) is 1. The van der Waals surface area contributed by atoms with Gasteiger partial charge in [-0.05, 0) is 43.7 Å². The van der Waals surface area contributed by atoms with E-state index in [0.717, 1.165) is 11.1 Å². The van der Waals surface area contributed by atoms with Crippen LogP contribution in [0.3, 0.4) is 0 Å². The first-order valence-corrected chi connectivity index (χ1v) is 10.2. The van der Waals surface area contributed by atoms with Gasteiger partial charge in [0.2, 0.25) is 0 Å². The highest BCUT2D eigenvalue weighted by molar-refractivity contribution is 6.51. The number of anilines is 1. The van der Waals surface area contributed by atoms with Crippen LogP contribution >= 0.6 is 0 Å².